The first-order valence-corrected chi connectivity index (χ1v) is 9.36. The SMILES string of the molecule is CCCCC(=O)N1CCN(c2ccc(Nc3ccc(C)cc3)nn2)CC1. The Labute approximate surface area is 155 Å². The van der Waals surface area contributed by atoms with Gasteiger partial charge in [0.15, 0.2) is 11.6 Å². The third-order valence-corrected chi connectivity index (χ3v) is 4.68. The lowest BCUT2D eigenvalue weighted by molar-refractivity contribution is -0.131. The number of aromatic nitrogens is 2. The van der Waals surface area contributed by atoms with E-state index in [-0.39, 0.29) is 5.91 Å². The average Bonchev–Trinajstić information content (AvgIpc) is 2.68. The second-order valence-electron chi connectivity index (χ2n) is 6.74. The molecular formula is C20H27N5O. The van der Waals surface area contributed by atoms with E-state index in [4.69, 9.17) is 0 Å². The van der Waals surface area contributed by atoms with Crippen molar-refractivity contribution < 1.29 is 4.79 Å². The number of rotatable bonds is 6. The van der Waals surface area contributed by atoms with Crippen LogP contribution < -0.4 is 10.2 Å². The third-order valence-electron chi connectivity index (χ3n) is 4.68. The summed E-state index contributed by atoms with van der Waals surface area (Å²) in [7, 11) is 0. The number of hydrogen-bond acceptors (Lipinski definition) is 5. The predicted octanol–water partition coefficient (Wildman–Crippen LogP) is 3.37. The van der Waals surface area contributed by atoms with Crippen molar-refractivity contribution in [3.8, 4) is 0 Å². The van der Waals surface area contributed by atoms with Gasteiger partial charge in [0.25, 0.3) is 0 Å². The van der Waals surface area contributed by atoms with Crippen LogP contribution in [0.1, 0.15) is 31.7 Å². The molecule has 1 amide bonds. The summed E-state index contributed by atoms with van der Waals surface area (Å²) in [4.78, 5) is 16.3. The smallest absolute Gasteiger partial charge is 0.222 e. The topological polar surface area (TPSA) is 61.4 Å². The fourth-order valence-electron chi connectivity index (χ4n) is 3.02. The first-order chi connectivity index (χ1) is 12.7. The van der Waals surface area contributed by atoms with Crippen LogP contribution in [0.3, 0.4) is 0 Å². The summed E-state index contributed by atoms with van der Waals surface area (Å²) in [6.07, 6.45) is 2.69. The molecule has 0 atom stereocenters. The maximum absolute atomic E-state index is 12.1. The second kappa shape index (κ2) is 8.65. The van der Waals surface area contributed by atoms with Crippen molar-refractivity contribution in [3.05, 3.63) is 42.0 Å². The van der Waals surface area contributed by atoms with E-state index in [1.807, 2.05) is 29.2 Å². The Morgan fingerprint density at radius 3 is 2.38 bits per heavy atom. The molecule has 6 nitrogen and oxygen atoms in total. The molecule has 1 N–H and O–H groups in total. The Kier molecular flexibility index (Phi) is 6.04. The largest absolute Gasteiger partial charge is 0.352 e. The molecule has 2 aromatic rings. The summed E-state index contributed by atoms with van der Waals surface area (Å²) in [6.45, 7) is 7.30. The summed E-state index contributed by atoms with van der Waals surface area (Å²) in [5.74, 6) is 1.86. The number of unbranched alkanes of at least 4 members (excludes halogenated alkanes) is 1. The Balaban J connectivity index is 1.53. The van der Waals surface area contributed by atoms with Crippen molar-refractivity contribution in [3.63, 3.8) is 0 Å². The van der Waals surface area contributed by atoms with Gasteiger partial charge >= 0.3 is 0 Å². The zero-order chi connectivity index (χ0) is 18.4. The van der Waals surface area contributed by atoms with Gasteiger partial charge < -0.3 is 15.1 Å². The van der Waals surface area contributed by atoms with Crippen LogP contribution in [0, 0.1) is 6.92 Å². The fraction of sp³-hybridized carbons (Fsp3) is 0.450. The van der Waals surface area contributed by atoms with Crippen LogP contribution in [0.2, 0.25) is 0 Å². The number of nitrogens with one attached hydrogen (secondary N) is 1. The van der Waals surface area contributed by atoms with Gasteiger partial charge in [0.05, 0.1) is 0 Å². The molecule has 1 aliphatic heterocycles. The van der Waals surface area contributed by atoms with E-state index < -0.39 is 0 Å². The molecule has 1 aliphatic rings. The minimum absolute atomic E-state index is 0.273. The number of aryl methyl sites for hydroxylation is 1. The Morgan fingerprint density at radius 2 is 1.77 bits per heavy atom. The minimum Gasteiger partial charge on any atom is -0.352 e. The summed E-state index contributed by atoms with van der Waals surface area (Å²) in [6, 6.07) is 12.1. The second-order valence-corrected chi connectivity index (χ2v) is 6.74. The number of piperazine rings is 1. The van der Waals surface area contributed by atoms with E-state index in [1.165, 1.54) is 5.56 Å². The van der Waals surface area contributed by atoms with E-state index in [1.54, 1.807) is 0 Å². The van der Waals surface area contributed by atoms with Gasteiger partial charge in [-0.15, -0.1) is 10.2 Å². The maximum atomic E-state index is 12.1. The summed E-state index contributed by atoms with van der Waals surface area (Å²) < 4.78 is 0. The molecule has 1 aromatic heterocycles. The third kappa shape index (κ3) is 4.71. The van der Waals surface area contributed by atoms with Gasteiger partial charge in [-0.3, -0.25) is 4.79 Å². The number of hydrogen-bond donors (Lipinski definition) is 1. The maximum Gasteiger partial charge on any atom is 0.222 e. The lowest BCUT2D eigenvalue weighted by atomic mass is 10.2. The van der Waals surface area contributed by atoms with Gasteiger partial charge in [0.1, 0.15) is 0 Å². The molecule has 6 heteroatoms. The molecule has 0 saturated carbocycles. The van der Waals surface area contributed by atoms with Gasteiger partial charge in [-0.25, -0.2) is 0 Å². The molecule has 0 bridgehead atoms. The normalized spacial score (nSPS) is 14.4. The van der Waals surface area contributed by atoms with E-state index in [0.29, 0.717) is 6.42 Å². The number of carbonyl (C=O) groups excluding carboxylic acids is 1. The summed E-state index contributed by atoms with van der Waals surface area (Å²) in [5.41, 5.74) is 2.22. The van der Waals surface area contributed by atoms with Gasteiger partial charge in [0, 0.05) is 38.3 Å². The molecule has 0 radical (unpaired) electrons. The van der Waals surface area contributed by atoms with Crippen molar-refractivity contribution in [2.24, 2.45) is 0 Å². The fourth-order valence-corrected chi connectivity index (χ4v) is 3.02. The van der Waals surface area contributed by atoms with E-state index in [0.717, 1.165) is 56.3 Å². The van der Waals surface area contributed by atoms with Crippen LogP contribution in [0.15, 0.2) is 36.4 Å². The van der Waals surface area contributed by atoms with E-state index in [2.05, 4.69) is 46.4 Å². The molecule has 0 aliphatic carbocycles. The molecule has 26 heavy (non-hydrogen) atoms. The van der Waals surface area contributed by atoms with E-state index >= 15 is 0 Å². The summed E-state index contributed by atoms with van der Waals surface area (Å²) in [5, 5.41) is 11.9. The van der Waals surface area contributed by atoms with Gasteiger partial charge in [-0.2, -0.15) is 0 Å². The van der Waals surface area contributed by atoms with Gasteiger partial charge in [0.2, 0.25) is 5.91 Å². The highest BCUT2D eigenvalue weighted by molar-refractivity contribution is 5.76. The predicted molar refractivity (Wildman–Crippen MR) is 105 cm³/mol. The van der Waals surface area contributed by atoms with Gasteiger partial charge in [-0.1, -0.05) is 31.0 Å². The zero-order valence-corrected chi connectivity index (χ0v) is 15.6. The van der Waals surface area contributed by atoms with Crippen molar-refractivity contribution >= 4 is 23.2 Å². The molecule has 2 heterocycles. The lowest BCUT2D eigenvalue weighted by Crippen LogP contribution is -2.49. The molecule has 138 valence electrons. The highest BCUT2D eigenvalue weighted by Gasteiger charge is 2.21. The molecule has 1 fully saturated rings. The first kappa shape index (κ1) is 18.2. The Hall–Kier alpha value is -2.63. The van der Waals surface area contributed by atoms with Crippen LogP contribution in [0.5, 0.6) is 0 Å². The molecule has 3 rings (SSSR count). The number of carbonyl (C=O) groups is 1. The Bertz CT molecular complexity index is 706. The van der Waals surface area contributed by atoms with Crippen LogP contribution in [-0.4, -0.2) is 47.2 Å². The lowest BCUT2D eigenvalue weighted by Gasteiger charge is -2.35. The van der Waals surface area contributed by atoms with Crippen molar-refractivity contribution in [2.75, 3.05) is 36.4 Å². The summed E-state index contributed by atoms with van der Waals surface area (Å²) >= 11 is 0. The molecule has 0 spiro atoms. The highest BCUT2D eigenvalue weighted by atomic mass is 16.2. The Morgan fingerprint density at radius 1 is 1.04 bits per heavy atom. The molecule has 0 unspecified atom stereocenters. The van der Waals surface area contributed by atoms with Crippen LogP contribution in [0.4, 0.5) is 17.3 Å². The number of nitrogens with zero attached hydrogens (tertiary/aromatic N) is 4. The van der Waals surface area contributed by atoms with Crippen molar-refractivity contribution in [2.45, 2.75) is 33.1 Å². The first-order valence-electron chi connectivity index (χ1n) is 9.36. The number of anilines is 3. The average molecular weight is 353 g/mol. The molecular weight excluding hydrogens is 326 g/mol. The number of benzene rings is 1. The van der Waals surface area contributed by atoms with Crippen LogP contribution >= 0.6 is 0 Å². The van der Waals surface area contributed by atoms with Crippen molar-refractivity contribution in [1.82, 2.24) is 15.1 Å². The molecule has 1 saturated heterocycles. The number of amides is 1. The van der Waals surface area contributed by atoms with E-state index in [9.17, 15) is 4.79 Å². The quantitative estimate of drug-likeness (QED) is 0.863. The standard InChI is InChI=1S/C20H27N5O/c1-3-4-5-20(26)25-14-12-24(13-15-25)19-11-10-18(22-23-19)21-17-8-6-16(2)7-9-17/h6-11H,3-5,12-15H2,1-2H3,(H,21,22). The van der Waals surface area contributed by atoms with Crippen LogP contribution in [0.25, 0.3) is 0 Å². The monoisotopic (exact) mass is 353 g/mol. The molecule has 1 aromatic carbocycles. The highest BCUT2D eigenvalue weighted by Crippen LogP contribution is 2.18. The van der Waals surface area contributed by atoms with Crippen molar-refractivity contribution in [1.29, 1.82) is 0 Å². The minimum atomic E-state index is 0.273. The van der Waals surface area contributed by atoms with Gasteiger partial charge in [-0.05, 0) is 37.6 Å². The van der Waals surface area contributed by atoms with Crippen LogP contribution in [-0.2, 0) is 4.79 Å². The zero-order valence-electron chi connectivity index (χ0n) is 15.6.